The number of hydrogen-bond acceptors (Lipinski definition) is 6. The number of methoxy groups -OCH3 is 1. The summed E-state index contributed by atoms with van der Waals surface area (Å²) in [5, 5.41) is 3.88. The van der Waals surface area contributed by atoms with E-state index in [4.69, 9.17) is 14.0 Å². The molecule has 21 heavy (non-hydrogen) atoms. The molecule has 1 aromatic carbocycles. The third-order valence-electron chi connectivity index (χ3n) is 3.34. The van der Waals surface area contributed by atoms with Gasteiger partial charge in [0.05, 0.1) is 12.7 Å². The van der Waals surface area contributed by atoms with Gasteiger partial charge in [0, 0.05) is 12.0 Å². The van der Waals surface area contributed by atoms with Gasteiger partial charge < -0.3 is 14.0 Å². The molecule has 2 aromatic rings. The maximum atomic E-state index is 11.6. The molecule has 0 aliphatic heterocycles. The Hall–Kier alpha value is -2.37. The molecule has 0 unspecified atom stereocenters. The van der Waals surface area contributed by atoms with Crippen LogP contribution in [0, 0.1) is 0 Å². The van der Waals surface area contributed by atoms with Crippen LogP contribution in [0.5, 0.6) is 11.5 Å². The van der Waals surface area contributed by atoms with Crippen LogP contribution in [0.1, 0.15) is 47.8 Å². The summed E-state index contributed by atoms with van der Waals surface area (Å²) < 4.78 is 16.0. The number of Topliss-reactive ketones (excluding diaryl/α,β-unsaturated/α-hetero) is 1. The lowest BCUT2D eigenvalue weighted by atomic mass is 10.1. The van der Waals surface area contributed by atoms with Crippen molar-refractivity contribution in [3.8, 4) is 11.5 Å². The zero-order valence-corrected chi connectivity index (χ0v) is 12.0. The minimum absolute atomic E-state index is 0.0700. The first-order chi connectivity index (χ1) is 10.2. The van der Waals surface area contributed by atoms with Crippen molar-refractivity contribution in [3.63, 3.8) is 0 Å². The Balaban J connectivity index is 1.74. The second-order valence-electron chi connectivity index (χ2n) is 5.03. The van der Waals surface area contributed by atoms with Crippen molar-refractivity contribution < 1.29 is 18.8 Å². The maximum Gasteiger partial charge on any atom is 0.229 e. The molecule has 0 radical (unpaired) electrons. The molecule has 1 aromatic heterocycles. The van der Waals surface area contributed by atoms with Gasteiger partial charge in [-0.15, -0.1) is 0 Å². The van der Waals surface area contributed by atoms with Crippen LogP contribution in [-0.2, 0) is 6.61 Å². The summed E-state index contributed by atoms with van der Waals surface area (Å²) in [5.74, 6) is 2.58. The van der Waals surface area contributed by atoms with Crippen LogP contribution in [0.25, 0.3) is 0 Å². The van der Waals surface area contributed by atoms with Gasteiger partial charge >= 0.3 is 0 Å². The smallest absolute Gasteiger partial charge is 0.229 e. The third-order valence-corrected chi connectivity index (χ3v) is 3.34. The van der Waals surface area contributed by atoms with Gasteiger partial charge in [-0.3, -0.25) is 4.79 Å². The Bertz CT molecular complexity index is 661. The van der Waals surface area contributed by atoms with Crippen LogP contribution < -0.4 is 9.47 Å². The number of nitrogens with zero attached hydrogens (tertiary/aromatic N) is 2. The van der Waals surface area contributed by atoms with E-state index in [2.05, 4.69) is 10.1 Å². The standard InChI is InChI=1S/C15H16N2O4/c1-9(18)12-6-5-11(19-2)7-13(12)20-8-14-16-15(21-17-14)10-3-4-10/h5-7,10H,3-4,8H2,1-2H3. The molecule has 1 fully saturated rings. The van der Waals surface area contributed by atoms with Crippen molar-refractivity contribution in [2.45, 2.75) is 32.3 Å². The second kappa shape index (κ2) is 5.55. The van der Waals surface area contributed by atoms with Crippen LogP contribution in [0.3, 0.4) is 0 Å². The van der Waals surface area contributed by atoms with Gasteiger partial charge in [-0.1, -0.05) is 5.16 Å². The van der Waals surface area contributed by atoms with Gasteiger partial charge in [-0.05, 0) is 31.9 Å². The molecule has 6 nitrogen and oxygen atoms in total. The zero-order valence-electron chi connectivity index (χ0n) is 12.0. The maximum absolute atomic E-state index is 11.6. The summed E-state index contributed by atoms with van der Waals surface area (Å²) >= 11 is 0. The summed E-state index contributed by atoms with van der Waals surface area (Å²) in [4.78, 5) is 15.9. The first-order valence-electron chi connectivity index (χ1n) is 6.81. The highest BCUT2D eigenvalue weighted by molar-refractivity contribution is 5.97. The van der Waals surface area contributed by atoms with Crippen LogP contribution >= 0.6 is 0 Å². The highest BCUT2D eigenvalue weighted by Crippen LogP contribution is 2.38. The van der Waals surface area contributed by atoms with E-state index in [0.717, 1.165) is 12.8 Å². The minimum atomic E-state index is -0.0700. The number of benzene rings is 1. The van der Waals surface area contributed by atoms with E-state index < -0.39 is 0 Å². The van der Waals surface area contributed by atoms with Gasteiger partial charge in [0.1, 0.15) is 11.5 Å². The van der Waals surface area contributed by atoms with E-state index in [9.17, 15) is 4.79 Å². The number of ether oxygens (including phenoxy) is 2. The van der Waals surface area contributed by atoms with E-state index in [0.29, 0.717) is 34.7 Å². The molecule has 3 rings (SSSR count). The molecule has 1 aliphatic carbocycles. The molecule has 1 heterocycles. The lowest BCUT2D eigenvalue weighted by Crippen LogP contribution is -2.03. The lowest BCUT2D eigenvalue weighted by Gasteiger charge is -2.09. The fourth-order valence-corrected chi connectivity index (χ4v) is 2.00. The van der Waals surface area contributed by atoms with E-state index in [1.807, 2.05) is 0 Å². The van der Waals surface area contributed by atoms with Crippen LogP contribution in [-0.4, -0.2) is 23.0 Å². The highest BCUT2D eigenvalue weighted by atomic mass is 16.5. The van der Waals surface area contributed by atoms with Crippen molar-refractivity contribution >= 4 is 5.78 Å². The van der Waals surface area contributed by atoms with Gasteiger partial charge in [-0.25, -0.2) is 0 Å². The molecule has 0 N–H and O–H groups in total. The number of carbonyl (C=O) groups is 1. The predicted molar refractivity (Wildman–Crippen MR) is 73.6 cm³/mol. The van der Waals surface area contributed by atoms with Crippen LogP contribution in [0.4, 0.5) is 0 Å². The Morgan fingerprint density at radius 1 is 1.43 bits per heavy atom. The Morgan fingerprint density at radius 2 is 2.24 bits per heavy atom. The Kier molecular flexibility index (Phi) is 3.60. The highest BCUT2D eigenvalue weighted by Gasteiger charge is 2.29. The summed E-state index contributed by atoms with van der Waals surface area (Å²) in [6.07, 6.45) is 2.21. The number of ketones is 1. The zero-order chi connectivity index (χ0) is 14.8. The average molecular weight is 288 g/mol. The number of rotatable bonds is 6. The summed E-state index contributed by atoms with van der Waals surface area (Å²) in [5.41, 5.74) is 0.502. The minimum Gasteiger partial charge on any atom is -0.497 e. The lowest BCUT2D eigenvalue weighted by molar-refractivity contribution is 0.101. The molecular weight excluding hydrogens is 272 g/mol. The van der Waals surface area contributed by atoms with Crippen molar-refractivity contribution in [2.24, 2.45) is 0 Å². The van der Waals surface area contributed by atoms with Crippen molar-refractivity contribution in [1.82, 2.24) is 10.1 Å². The molecule has 0 atom stereocenters. The predicted octanol–water partition coefficient (Wildman–Crippen LogP) is 2.74. The third kappa shape index (κ3) is 3.04. The number of hydrogen-bond donors (Lipinski definition) is 0. The summed E-state index contributed by atoms with van der Waals surface area (Å²) in [6, 6.07) is 5.09. The fraction of sp³-hybridized carbons (Fsp3) is 0.400. The molecule has 1 aliphatic rings. The number of carbonyl (C=O) groups excluding carboxylic acids is 1. The molecule has 0 spiro atoms. The van der Waals surface area contributed by atoms with E-state index in [1.165, 1.54) is 6.92 Å². The molecule has 6 heteroatoms. The number of aromatic nitrogens is 2. The van der Waals surface area contributed by atoms with E-state index in [1.54, 1.807) is 25.3 Å². The van der Waals surface area contributed by atoms with Crippen LogP contribution in [0.15, 0.2) is 22.7 Å². The van der Waals surface area contributed by atoms with Gasteiger partial charge in [-0.2, -0.15) is 4.98 Å². The largest absolute Gasteiger partial charge is 0.497 e. The first kappa shape index (κ1) is 13.6. The molecule has 110 valence electrons. The monoisotopic (exact) mass is 288 g/mol. The normalized spacial score (nSPS) is 14.0. The Labute approximate surface area is 122 Å². The topological polar surface area (TPSA) is 74.5 Å². The Morgan fingerprint density at radius 3 is 2.90 bits per heavy atom. The quantitative estimate of drug-likeness (QED) is 0.761. The first-order valence-corrected chi connectivity index (χ1v) is 6.81. The van der Waals surface area contributed by atoms with Crippen molar-refractivity contribution in [3.05, 3.63) is 35.5 Å². The second-order valence-corrected chi connectivity index (χ2v) is 5.03. The molecule has 1 saturated carbocycles. The van der Waals surface area contributed by atoms with Crippen molar-refractivity contribution in [2.75, 3.05) is 7.11 Å². The van der Waals surface area contributed by atoms with Gasteiger partial charge in [0.2, 0.25) is 11.7 Å². The average Bonchev–Trinajstić information content (AvgIpc) is 3.23. The molecule has 0 bridgehead atoms. The SMILES string of the molecule is COc1ccc(C(C)=O)c(OCc2noc(C3CC3)n2)c1. The molecular formula is C15H16N2O4. The van der Waals surface area contributed by atoms with E-state index >= 15 is 0 Å². The molecule has 0 saturated heterocycles. The van der Waals surface area contributed by atoms with Crippen LogP contribution in [0.2, 0.25) is 0 Å². The molecule has 0 amide bonds. The summed E-state index contributed by atoms with van der Waals surface area (Å²) in [7, 11) is 1.56. The van der Waals surface area contributed by atoms with Gasteiger partial charge in [0.15, 0.2) is 12.4 Å². The summed E-state index contributed by atoms with van der Waals surface area (Å²) in [6.45, 7) is 1.65. The fourth-order valence-electron chi connectivity index (χ4n) is 2.00. The van der Waals surface area contributed by atoms with Gasteiger partial charge in [0.25, 0.3) is 0 Å². The van der Waals surface area contributed by atoms with E-state index in [-0.39, 0.29) is 12.4 Å². The van der Waals surface area contributed by atoms with Crippen molar-refractivity contribution in [1.29, 1.82) is 0 Å².